The second-order valence-corrected chi connectivity index (χ2v) is 10.6. The zero-order chi connectivity index (χ0) is 28.5. The fourth-order valence-electron chi connectivity index (χ4n) is 5.52. The molecule has 0 aliphatic carbocycles. The Balaban J connectivity index is 1.46. The van der Waals surface area contributed by atoms with Gasteiger partial charge in [0.05, 0.1) is 5.92 Å². The maximum atomic E-state index is 12.3. The Morgan fingerprint density at radius 2 is 1.10 bits per heavy atom. The molecular formula is C37H30O4. The van der Waals surface area contributed by atoms with Gasteiger partial charge >= 0.3 is 11.9 Å². The van der Waals surface area contributed by atoms with E-state index in [0.29, 0.717) is 0 Å². The molecule has 0 saturated heterocycles. The molecule has 0 radical (unpaired) electrons. The molecule has 0 aromatic heterocycles. The van der Waals surface area contributed by atoms with Crippen molar-refractivity contribution < 1.29 is 19.1 Å². The van der Waals surface area contributed by atoms with Gasteiger partial charge in [-0.25, -0.2) is 4.79 Å². The normalized spacial score (nSPS) is 11.4. The molecule has 6 aromatic carbocycles. The van der Waals surface area contributed by atoms with Crippen LogP contribution in [0.1, 0.15) is 25.0 Å². The van der Waals surface area contributed by atoms with Crippen LogP contribution in [0.2, 0.25) is 0 Å². The average molecular weight is 539 g/mol. The van der Waals surface area contributed by atoms with Crippen molar-refractivity contribution in [3.05, 3.63) is 121 Å². The van der Waals surface area contributed by atoms with Gasteiger partial charge in [-0.2, -0.15) is 0 Å². The second-order valence-electron chi connectivity index (χ2n) is 10.6. The highest BCUT2D eigenvalue weighted by atomic mass is 16.5. The lowest BCUT2D eigenvalue weighted by Gasteiger charge is -2.15. The molecule has 4 nitrogen and oxygen atoms in total. The summed E-state index contributed by atoms with van der Waals surface area (Å²) in [7, 11) is 0. The van der Waals surface area contributed by atoms with Crippen LogP contribution in [0, 0.1) is 5.92 Å². The molecule has 4 heteroatoms. The number of benzene rings is 6. The van der Waals surface area contributed by atoms with Crippen molar-refractivity contribution in [1.29, 1.82) is 0 Å². The summed E-state index contributed by atoms with van der Waals surface area (Å²) >= 11 is 0. The first-order valence-electron chi connectivity index (χ1n) is 13.8. The Labute approximate surface area is 238 Å². The van der Waals surface area contributed by atoms with Gasteiger partial charge in [0.2, 0.25) is 0 Å². The summed E-state index contributed by atoms with van der Waals surface area (Å²) in [5.41, 5.74) is 4.17. The van der Waals surface area contributed by atoms with Gasteiger partial charge in [-0.3, -0.25) is 4.79 Å². The van der Waals surface area contributed by atoms with E-state index < -0.39 is 5.97 Å². The molecule has 0 atom stereocenters. The standard InChI is InChI=1S/C37H30O4/c1-4-36(38)40-21-34-30-11-7-5-9-26(30)19-28-17-24(13-15-32(28)34)25-14-16-33-29(18-25)20-27-10-6-8-12-31(27)35(33)22-41-37(39)23(2)3/h4-20,23H,1,21-22H2,2-3H3. The second kappa shape index (κ2) is 10.9. The van der Waals surface area contributed by atoms with Gasteiger partial charge in [0, 0.05) is 17.2 Å². The molecule has 0 amide bonds. The minimum absolute atomic E-state index is 0.176. The van der Waals surface area contributed by atoms with Crippen LogP contribution >= 0.6 is 0 Å². The third kappa shape index (κ3) is 5.05. The molecule has 0 bridgehead atoms. The molecule has 0 heterocycles. The predicted molar refractivity (Wildman–Crippen MR) is 167 cm³/mol. The van der Waals surface area contributed by atoms with E-state index >= 15 is 0 Å². The highest BCUT2D eigenvalue weighted by molar-refractivity contribution is 6.06. The lowest BCUT2D eigenvalue weighted by molar-refractivity contribution is -0.148. The predicted octanol–water partition coefficient (Wildman–Crippen LogP) is 8.89. The highest BCUT2D eigenvalue weighted by Gasteiger charge is 2.15. The molecule has 0 unspecified atom stereocenters. The molecule has 0 aliphatic rings. The molecule has 6 aromatic rings. The number of esters is 2. The quantitative estimate of drug-likeness (QED) is 0.116. The van der Waals surface area contributed by atoms with Crippen LogP contribution in [-0.2, 0) is 32.3 Å². The summed E-state index contributed by atoms with van der Waals surface area (Å²) in [5, 5.41) is 8.63. The van der Waals surface area contributed by atoms with E-state index in [0.717, 1.165) is 65.3 Å². The van der Waals surface area contributed by atoms with E-state index in [9.17, 15) is 9.59 Å². The monoisotopic (exact) mass is 538 g/mol. The fourth-order valence-corrected chi connectivity index (χ4v) is 5.52. The first kappa shape index (κ1) is 26.3. The van der Waals surface area contributed by atoms with Gasteiger partial charge < -0.3 is 9.47 Å². The van der Waals surface area contributed by atoms with E-state index in [2.05, 4.69) is 79.4 Å². The number of carbonyl (C=O) groups is 2. The number of hydrogen-bond acceptors (Lipinski definition) is 4. The van der Waals surface area contributed by atoms with E-state index in [1.54, 1.807) is 0 Å². The van der Waals surface area contributed by atoms with Crippen LogP contribution in [0.3, 0.4) is 0 Å². The Hall–Kier alpha value is -4.96. The molecule has 0 saturated carbocycles. The zero-order valence-electron chi connectivity index (χ0n) is 23.1. The molecule has 41 heavy (non-hydrogen) atoms. The van der Waals surface area contributed by atoms with Crippen LogP contribution in [0.4, 0.5) is 0 Å². The maximum absolute atomic E-state index is 12.3. The topological polar surface area (TPSA) is 52.6 Å². The highest BCUT2D eigenvalue weighted by Crippen LogP contribution is 2.35. The van der Waals surface area contributed by atoms with Crippen molar-refractivity contribution >= 4 is 55.0 Å². The number of hydrogen-bond donors (Lipinski definition) is 0. The van der Waals surface area contributed by atoms with E-state index in [1.807, 2.05) is 38.1 Å². The molecule has 0 fully saturated rings. The molecule has 6 rings (SSSR count). The third-order valence-electron chi connectivity index (χ3n) is 7.64. The first-order valence-corrected chi connectivity index (χ1v) is 13.8. The van der Waals surface area contributed by atoms with Crippen molar-refractivity contribution in [3.63, 3.8) is 0 Å². The van der Waals surface area contributed by atoms with Gasteiger partial charge in [0.1, 0.15) is 13.2 Å². The van der Waals surface area contributed by atoms with Gasteiger partial charge in [0.15, 0.2) is 0 Å². The number of ether oxygens (including phenoxy) is 2. The zero-order valence-corrected chi connectivity index (χ0v) is 23.1. The number of fused-ring (bicyclic) bond motifs is 4. The smallest absolute Gasteiger partial charge is 0.330 e. The summed E-state index contributed by atoms with van der Waals surface area (Å²) in [6.45, 7) is 7.62. The van der Waals surface area contributed by atoms with Crippen molar-refractivity contribution in [1.82, 2.24) is 0 Å². The maximum Gasteiger partial charge on any atom is 0.330 e. The number of rotatable bonds is 7. The van der Waals surface area contributed by atoms with Crippen molar-refractivity contribution in [2.24, 2.45) is 5.92 Å². The molecule has 202 valence electrons. The van der Waals surface area contributed by atoms with Gasteiger partial charge in [-0.05, 0) is 78.5 Å². The Morgan fingerprint density at radius 3 is 1.59 bits per heavy atom. The van der Waals surface area contributed by atoms with E-state index in [1.165, 1.54) is 6.08 Å². The minimum atomic E-state index is -0.440. The van der Waals surface area contributed by atoms with Crippen LogP contribution in [-0.4, -0.2) is 11.9 Å². The lowest BCUT2D eigenvalue weighted by Crippen LogP contribution is -2.11. The van der Waals surface area contributed by atoms with Crippen molar-refractivity contribution in [2.45, 2.75) is 27.1 Å². The Bertz CT molecular complexity index is 1980. The summed E-state index contributed by atoms with van der Waals surface area (Å²) < 4.78 is 11.1. The van der Waals surface area contributed by atoms with Crippen LogP contribution in [0.5, 0.6) is 0 Å². The third-order valence-corrected chi connectivity index (χ3v) is 7.64. The SMILES string of the molecule is C=CC(=O)OCc1c2ccccc2cc2cc(-c3ccc4c(COC(=O)C(C)C)c5ccccc5cc4c3)ccc12. The van der Waals surface area contributed by atoms with Crippen molar-refractivity contribution in [2.75, 3.05) is 0 Å². The van der Waals surface area contributed by atoms with Crippen molar-refractivity contribution in [3.8, 4) is 11.1 Å². The van der Waals surface area contributed by atoms with E-state index in [4.69, 9.17) is 9.47 Å². The molecule has 0 spiro atoms. The summed E-state index contributed by atoms with van der Waals surface area (Å²) in [5.74, 6) is -0.822. The average Bonchev–Trinajstić information content (AvgIpc) is 3.00. The first-order chi connectivity index (χ1) is 19.9. The Morgan fingerprint density at radius 1 is 0.634 bits per heavy atom. The Kier molecular flexibility index (Phi) is 6.98. The van der Waals surface area contributed by atoms with Crippen LogP contribution in [0.25, 0.3) is 54.2 Å². The molecular weight excluding hydrogens is 508 g/mol. The largest absolute Gasteiger partial charge is 0.461 e. The fraction of sp³-hybridized carbons (Fsp3) is 0.135. The van der Waals surface area contributed by atoms with Gasteiger partial charge in [-0.1, -0.05) is 93.2 Å². The summed E-state index contributed by atoms with van der Waals surface area (Å²) in [6, 6.07) is 33.6. The van der Waals surface area contributed by atoms with E-state index in [-0.39, 0.29) is 25.1 Å². The summed E-state index contributed by atoms with van der Waals surface area (Å²) in [4.78, 5) is 24.1. The number of carbonyl (C=O) groups excluding carboxylic acids is 2. The van der Waals surface area contributed by atoms with Gasteiger partial charge in [0.25, 0.3) is 0 Å². The van der Waals surface area contributed by atoms with Gasteiger partial charge in [-0.15, -0.1) is 0 Å². The lowest BCUT2D eigenvalue weighted by atomic mass is 9.92. The summed E-state index contributed by atoms with van der Waals surface area (Å²) in [6.07, 6.45) is 1.19. The van der Waals surface area contributed by atoms with Crippen LogP contribution < -0.4 is 0 Å². The van der Waals surface area contributed by atoms with Crippen LogP contribution in [0.15, 0.2) is 110 Å². The minimum Gasteiger partial charge on any atom is -0.461 e. The molecule has 0 N–H and O–H groups in total. The molecule has 0 aliphatic heterocycles.